The molecular formula is C15H17N9O3. The zero-order chi connectivity index (χ0) is 19.1. The second-order valence-electron chi connectivity index (χ2n) is 5.50. The highest BCUT2D eigenvalue weighted by Gasteiger charge is 2.16. The molecule has 1 amide bonds. The summed E-state index contributed by atoms with van der Waals surface area (Å²) in [5.41, 5.74) is 0.547. The topological polar surface area (TPSA) is 143 Å². The SMILES string of the molecule is CCCn1nnnc1COC(=O)c1ccccc1NC(=O)Cn1cnnn1. The van der Waals surface area contributed by atoms with Gasteiger partial charge in [-0.15, -0.1) is 10.2 Å². The maximum Gasteiger partial charge on any atom is 0.340 e. The lowest BCUT2D eigenvalue weighted by Crippen LogP contribution is -2.21. The molecule has 1 aromatic carbocycles. The molecule has 2 aromatic heterocycles. The lowest BCUT2D eigenvalue weighted by atomic mass is 10.2. The zero-order valence-corrected chi connectivity index (χ0v) is 14.5. The van der Waals surface area contributed by atoms with Crippen LogP contribution in [0.4, 0.5) is 5.69 Å². The zero-order valence-electron chi connectivity index (χ0n) is 14.5. The molecule has 140 valence electrons. The maximum absolute atomic E-state index is 12.4. The van der Waals surface area contributed by atoms with Crippen molar-refractivity contribution in [2.24, 2.45) is 0 Å². The fraction of sp³-hybridized carbons (Fsp3) is 0.333. The highest BCUT2D eigenvalue weighted by molar-refractivity contribution is 6.01. The third-order valence-electron chi connectivity index (χ3n) is 3.49. The third kappa shape index (κ3) is 4.68. The number of aromatic nitrogens is 8. The van der Waals surface area contributed by atoms with Gasteiger partial charge < -0.3 is 10.1 Å². The van der Waals surface area contributed by atoms with Crippen LogP contribution in [0.3, 0.4) is 0 Å². The molecule has 0 saturated carbocycles. The number of hydrogen-bond acceptors (Lipinski definition) is 9. The van der Waals surface area contributed by atoms with E-state index in [0.717, 1.165) is 6.42 Å². The number of hydrogen-bond donors (Lipinski definition) is 1. The summed E-state index contributed by atoms with van der Waals surface area (Å²) in [5.74, 6) is -0.529. The molecule has 0 spiro atoms. The molecule has 1 N–H and O–H groups in total. The Kier molecular flexibility index (Phi) is 5.77. The molecule has 0 unspecified atom stereocenters. The molecule has 0 radical (unpaired) electrons. The van der Waals surface area contributed by atoms with E-state index in [1.807, 2.05) is 6.92 Å². The molecule has 12 nitrogen and oxygen atoms in total. The third-order valence-corrected chi connectivity index (χ3v) is 3.49. The molecule has 12 heteroatoms. The number of nitrogens with zero attached hydrogens (tertiary/aromatic N) is 8. The number of rotatable bonds is 8. The number of amides is 1. The van der Waals surface area contributed by atoms with Gasteiger partial charge in [0.1, 0.15) is 12.9 Å². The van der Waals surface area contributed by atoms with Gasteiger partial charge >= 0.3 is 5.97 Å². The minimum Gasteiger partial charge on any atom is -0.454 e. The van der Waals surface area contributed by atoms with Crippen LogP contribution in [-0.4, -0.2) is 52.3 Å². The predicted octanol–water partition coefficient (Wildman–Crippen LogP) is 0.0653. The molecule has 0 saturated heterocycles. The van der Waals surface area contributed by atoms with E-state index in [-0.39, 0.29) is 24.6 Å². The maximum atomic E-state index is 12.4. The molecule has 0 aliphatic carbocycles. The lowest BCUT2D eigenvalue weighted by Gasteiger charge is -2.10. The van der Waals surface area contributed by atoms with Crippen molar-refractivity contribution in [1.29, 1.82) is 0 Å². The van der Waals surface area contributed by atoms with Gasteiger partial charge in [-0.2, -0.15) is 0 Å². The number of esters is 1. The molecule has 0 fully saturated rings. The average Bonchev–Trinajstić information content (AvgIpc) is 3.32. The van der Waals surface area contributed by atoms with Crippen molar-refractivity contribution in [3.8, 4) is 0 Å². The van der Waals surface area contributed by atoms with Crippen molar-refractivity contribution in [1.82, 2.24) is 40.4 Å². The molecule has 2 heterocycles. The summed E-state index contributed by atoms with van der Waals surface area (Å²) >= 11 is 0. The summed E-state index contributed by atoms with van der Waals surface area (Å²) in [7, 11) is 0. The number of tetrazole rings is 2. The van der Waals surface area contributed by atoms with Crippen molar-refractivity contribution in [2.45, 2.75) is 33.0 Å². The molecule has 0 atom stereocenters. The van der Waals surface area contributed by atoms with Gasteiger partial charge in [0.05, 0.1) is 11.3 Å². The second-order valence-corrected chi connectivity index (χ2v) is 5.50. The van der Waals surface area contributed by atoms with Crippen molar-refractivity contribution in [2.75, 3.05) is 5.32 Å². The van der Waals surface area contributed by atoms with Gasteiger partial charge in [0.15, 0.2) is 12.4 Å². The molecule has 0 bridgehead atoms. The molecule has 0 aliphatic heterocycles. The highest BCUT2D eigenvalue weighted by Crippen LogP contribution is 2.17. The summed E-state index contributed by atoms with van der Waals surface area (Å²) < 4.78 is 8.14. The Morgan fingerprint density at radius 2 is 2.04 bits per heavy atom. The fourth-order valence-electron chi connectivity index (χ4n) is 2.28. The molecule has 3 rings (SSSR count). The van der Waals surface area contributed by atoms with Gasteiger partial charge in [0.2, 0.25) is 5.91 Å². The van der Waals surface area contributed by atoms with E-state index in [0.29, 0.717) is 18.1 Å². The number of para-hydroxylation sites is 1. The number of aryl methyl sites for hydroxylation is 1. The van der Waals surface area contributed by atoms with Crippen LogP contribution < -0.4 is 5.32 Å². The van der Waals surface area contributed by atoms with Crippen LogP contribution >= 0.6 is 0 Å². The van der Waals surface area contributed by atoms with Gasteiger partial charge in [-0.25, -0.2) is 14.2 Å². The number of nitrogens with one attached hydrogen (secondary N) is 1. The van der Waals surface area contributed by atoms with Gasteiger partial charge in [-0.1, -0.05) is 19.1 Å². The van der Waals surface area contributed by atoms with Crippen LogP contribution in [0.1, 0.15) is 29.5 Å². The summed E-state index contributed by atoms with van der Waals surface area (Å²) in [6.45, 7) is 2.47. The van der Waals surface area contributed by atoms with Gasteiger partial charge in [-0.3, -0.25) is 4.79 Å². The Bertz CT molecular complexity index is 907. The van der Waals surface area contributed by atoms with Crippen molar-refractivity contribution >= 4 is 17.6 Å². The van der Waals surface area contributed by atoms with Crippen LogP contribution in [-0.2, 0) is 29.2 Å². The first-order valence-corrected chi connectivity index (χ1v) is 8.19. The minimum absolute atomic E-state index is 0.0707. The Morgan fingerprint density at radius 3 is 2.81 bits per heavy atom. The first-order valence-electron chi connectivity index (χ1n) is 8.19. The molecule has 3 aromatic rings. The highest BCUT2D eigenvalue weighted by atomic mass is 16.5. The first-order chi connectivity index (χ1) is 13.2. The van der Waals surface area contributed by atoms with E-state index < -0.39 is 5.97 Å². The monoisotopic (exact) mass is 371 g/mol. The first kappa shape index (κ1) is 18.1. The van der Waals surface area contributed by atoms with Crippen molar-refractivity contribution < 1.29 is 14.3 Å². The summed E-state index contributed by atoms with van der Waals surface area (Å²) in [6.07, 6.45) is 2.17. The number of ether oxygens (including phenoxy) is 1. The van der Waals surface area contributed by atoms with Gasteiger partial charge in [0, 0.05) is 6.54 Å². The quantitative estimate of drug-likeness (QED) is 0.544. The predicted molar refractivity (Wildman–Crippen MR) is 90.1 cm³/mol. The van der Waals surface area contributed by atoms with Crippen molar-refractivity contribution in [3.05, 3.63) is 42.0 Å². The molecular weight excluding hydrogens is 354 g/mol. The normalized spacial score (nSPS) is 10.6. The second kappa shape index (κ2) is 8.60. The number of benzene rings is 1. The summed E-state index contributed by atoms with van der Waals surface area (Å²) in [4.78, 5) is 24.5. The smallest absolute Gasteiger partial charge is 0.340 e. The Hall–Kier alpha value is -3.70. The number of carbonyl (C=O) groups is 2. The van der Waals surface area contributed by atoms with E-state index in [1.54, 1.807) is 28.9 Å². The van der Waals surface area contributed by atoms with E-state index >= 15 is 0 Å². The van der Waals surface area contributed by atoms with Gasteiger partial charge in [0.25, 0.3) is 0 Å². The average molecular weight is 371 g/mol. The number of anilines is 1. The van der Waals surface area contributed by atoms with E-state index in [2.05, 4.69) is 36.4 Å². The van der Waals surface area contributed by atoms with Gasteiger partial charge in [-0.05, 0) is 39.4 Å². The Labute approximate surface area is 153 Å². The minimum atomic E-state index is -0.598. The standard InChI is InChI=1S/C15H17N9O3/c1-2-7-24-13(18-20-22-24)9-27-15(26)11-5-3-4-6-12(11)17-14(25)8-23-10-16-19-21-23/h3-6,10H,2,7-9H2,1H3,(H,17,25). The largest absolute Gasteiger partial charge is 0.454 e. The molecule has 27 heavy (non-hydrogen) atoms. The van der Waals surface area contributed by atoms with Crippen LogP contribution in [0, 0.1) is 0 Å². The van der Waals surface area contributed by atoms with Crippen LogP contribution in [0.25, 0.3) is 0 Å². The van der Waals surface area contributed by atoms with Crippen LogP contribution in [0.2, 0.25) is 0 Å². The lowest BCUT2D eigenvalue weighted by molar-refractivity contribution is -0.116. The Morgan fingerprint density at radius 1 is 1.19 bits per heavy atom. The molecule has 0 aliphatic rings. The van der Waals surface area contributed by atoms with Crippen LogP contribution in [0.15, 0.2) is 30.6 Å². The van der Waals surface area contributed by atoms with E-state index in [4.69, 9.17) is 4.74 Å². The fourth-order valence-corrected chi connectivity index (χ4v) is 2.28. The Balaban J connectivity index is 1.64. The van der Waals surface area contributed by atoms with Crippen molar-refractivity contribution in [3.63, 3.8) is 0 Å². The summed E-state index contributed by atoms with van der Waals surface area (Å²) in [6, 6.07) is 6.54. The number of carbonyl (C=O) groups excluding carboxylic acids is 2. The van der Waals surface area contributed by atoms with Crippen LogP contribution in [0.5, 0.6) is 0 Å². The summed E-state index contributed by atoms with van der Waals surface area (Å²) in [5, 5.41) is 24.4. The van der Waals surface area contributed by atoms with E-state index in [9.17, 15) is 9.59 Å². The van der Waals surface area contributed by atoms with E-state index in [1.165, 1.54) is 11.0 Å².